The van der Waals surface area contributed by atoms with Gasteiger partial charge in [-0.15, -0.1) is 0 Å². The number of anilines is 1. The van der Waals surface area contributed by atoms with Crippen LogP contribution in [-0.2, 0) is 15.1 Å². The SMILES string of the molecule is Cc1cc(NC(=O)[C@@H]2O[C@H]2C)nn1C(C)(C)C. The van der Waals surface area contributed by atoms with Crippen LogP contribution < -0.4 is 5.32 Å². The third-order valence-corrected chi connectivity index (χ3v) is 2.74. The third-order valence-electron chi connectivity index (χ3n) is 2.74. The standard InChI is InChI=1S/C12H19N3O2/c1-7-6-9(14-15(7)12(3,4)5)13-11(16)10-8(2)17-10/h6,8,10H,1-5H3,(H,13,14,16)/t8-,10+/m0/s1. The molecule has 5 heteroatoms. The smallest absolute Gasteiger partial charge is 0.257 e. The van der Waals surface area contributed by atoms with Crippen LogP contribution in [0.3, 0.4) is 0 Å². The second-order valence-corrected chi connectivity index (χ2v) is 5.50. The summed E-state index contributed by atoms with van der Waals surface area (Å²) in [7, 11) is 0. The molecule has 0 radical (unpaired) electrons. The number of rotatable bonds is 2. The van der Waals surface area contributed by atoms with Gasteiger partial charge in [0, 0.05) is 11.8 Å². The predicted octanol–water partition coefficient (Wildman–Crippen LogP) is 1.67. The van der Waals surface area contributed by atoms with Gasteiger partial charge in [0.05, 0.1) is 11.6 Å². The highest BCUT2D eigenvalue weighted by molar-refractivity contribution is 5.95. The van der Waals surface area contributed by atoms with Gasteiger partial charge in [0.2, 0.25) is 0 Å². The lowest BCUT2D eigenvalue weighted by atomic mass is 10.1. The maximum Gasteiger partial charge on any atom is 0.257 e. The molecule has 2 rings (SSSR count). The molecule has 0 bridgehead atoms. The molecule has 2 heterocycles. The zero-order valence-corrected chi connectivity index (χ0v) is 10.9. The first kappa shape index (κ1) is 12.1. The highest BCUT2D eigenvalue weighted by Gasteiger charge is 2.41. The van der Waals surface area contributed by atoms with Gasteiger partial charge < -0.3 is 10.1 Å². The molecule has 1 aliphatic rings. The van der Waals surface area contributed by atoms with Crippen LogP contribution in [0.4, 0.5) is 5.82 Å². The van der Waals surface area contributed by atoms with Crippen molar-refractivity contribution in [3.63, 3.8) is 0 Å². The summed E-state index contributed by atoms with van der Waals surface area (Å²) in [6, 6.07) is 1.87. The predicted molar refractivity (Wildman–Crippen MR) is 64.9 cm³/mol. The summed E-state index contributed by atoms with van der Waals surface area (Å²) in [4.78, 5) is 11.7. The summed E-state index contributed by atoms with van der Waals surface area (Å²) in [5, 5.41) is 7.16. The van der Waals surface area contributed by atoms with E-state index < -0.39 is 0 Å². The molecule has 0 aliphatic carbocycles. The molecule has 1 N–H and O–H groups in total. The van der Waals surface area contributed by atoms with Gasteiger partial charge in [0.25, 0.3) is 5.91 Å². The van der Waals surface area contributed by atoms with Gasteiger partial charge in [0.15, 0.2) is 11.9 Å². The van der Waals surface area contributed by atoms with Crippen LogP contribution in [0.5, 0.6) is 0 Å². The normalized spacial score (nSPS) is 23.6. The summed E-state index contributed by atoms with van der Waals surface area (Å²) in [6.07, 6.45) is -0.282. The molecule has 1 aromatic rings. The first-order chi connectivity index (χ1) is 7.79. The van der Waals surface area contributed by atoms with Gasteiger partial charge >= 0.3 is 0 Å². The zero-order chi connectivity index (χ0) is 12.8. The topological polar surface area (TPSA) is 59.5 Å². The van der Waals surface area contributed by atoms with Crippen LogP contribution in [0.1, 0.15) is 33.4 Å². The van der Waals surface area contributed by atoms with Crippen LogP contribution in [0.2, 0.25) is 0 Å². The molecular formula is C12H19N3O2. The molecular weight excluding hydrogens is 218 g/mol. The third kappa shape index (κ3) is 2.49. The monoisotopic (exact) mass is 237 g/mol. The molecule has 5 nitrogen and oxygen atoms in total. The molecule has 0 spiro atoms. The number of aromatic nitrogens is 2. The molecule has 1 fully saturated rings. The van der Waals surface area contributed by atoms with Gasteiger partial charge in [-0.2, -0.15) is 5.10 Å². The zero-order valence-electron chi connectivity index (χ0n) is 10.9. The van der Waals surface area contributed by atoms with E-state index >= 15 is 0 Å². The molecule has 17 heavy (non-hydrogen) atoms. The highest BCUT2D eigenvalue weighted by atomic mass is 16.6. The van der Waals surface area contributed by atoms with E-state index in [1.54, 1.807) is 0 Å². The number of epoxide rings is 1. The summed E-state index contributed by atoms with van der Waals surface area (Å²) in [5.41, 5.74) is 0.939. The number of amides is 1. The van der Waals surface area contributed by atoms with Crippen molar-refractivity contribution in [1.29, 1.82) is 0 Å². The van der Waals surface area contributed by atoms with Gasteiger partial charge in [-0.1, -0.05) is 0 Å². The quantitative estimate of drug-likeness (QED) is 0.796. The minimum atomic E-state index is -0.310. The van der Waals surface area contributed by atoms with Gasteiger partial charge in [-0.05, 0) is 34.6 Å². The Bertz CT molecular complexity index is 445. The van der Waals surface area contributed by atoms with E-state index in [1.165, 1.54) is 0 Å². The van der Waals surface area contributed by atoms with Crippen molar-refractivity contribution in [2.75, 3.05) is 5.32 Å². The maximum absolute atomic E-state index is 11.7. The molecule has 0 aromatic carbocycles. The molecule has 1 aliphatic heterocycles. The molecule has 1 saturated heterocycles. The lowest BCUT2D eigenvalue weighted by Gasteiger charge is -2.20. The van der Waals surface area contributed by atoms with Crippen LogP contribution in [0.25, 0.3) is 0 Å². The Balaban J connectivity index is 2.10. The van der Waals surface area contributed by atoms with E-state index in [9.17, 15) is 4.79 Å². The average Bonchev–Trinajstić information content (AvgIpc) is 2.78. The Hall–Kier alpha value is -1.36. The average molecular weight is 237 g/mol. The van der Waals surface area contributed by atoms with Crippen LogP contribution in [0, 0.1) is 6.92 Å². The van der Waals surface area contributed by atoms with Crippen LogP contribution in [0.15, 0.2) is 6.07 Å². The number of hydrogen-bond donors (Lipinski definition) is 1. The van der Waals surface area contributed by atoms with E-state index in [-0.39, 0.29) is 23.7 Å². The number of hydrogen-bond acceptors (Lipinski definition) is 3. The summed E-state index contributed by atoms with van der Waals surface area (Å²) in [5.74, 6) is 0.473. The van der Waals surface area contributed by atoms with Crippen molar-refractivity contribution >= 4 is 11.7 Å². The Morgan fingerprint density at radius 3 is 2.53 bits per heavy atom. The first-order valence-electron chi connectivity index (χ1n) is 5.82. The fourth-order valence-corrected chi connectivity index (χ4v) is 1.87. The van der Waals surface area contributed by atoms with Gasteiger partial charge in [-0.3, -0.25) is 9.48 Å². The van der Waals surface area contributed by atoms with Crippen molar-refractivity contribution in [2.45, 2.75) is 52.4 Å². The second kappa shape index (κ2) is 3.84. The van der Waals surface area contributed by atoms with Crippen molar-refractivity contribution in [2.24, 2.45) is 0 Å². The number of aryl methyl sites for hydroxylation is 1. The van der Waals surface area contributed by atoms with Crippen LogP contribution in [-0.4, -0.2) is 27.9 Å². The summed E-state index contributed by atoms with van der Waals surface area (Å²) < 4.78 is 7.01. The molecule has 94 valence electrons. The number of carbonyl (C=O) groups is 1. The number of carbonyl (C=O) groups excluding carboxylic acids is 1. The highest BCUT2D eigenvalue weighted by Crippen LogP contribution is 2.23. The van der Waals surface area contributed by atoms with E-state index in [0.717, 1.165) is 5.69 Å². The molecule has 0 unspecified atom stereocenters. The lowest BCUT2D eigenvalue weighted by molar-refractivity contribution is -0.117. The molecule has 0 saturated carbocycles. The Kier molecular flexibility index (Phi) is 2.73. The second-order valence-electron chi connectivity index (χ2n) is 5.50. The minimum absolute atomic E-state index is 0.0285. The number of nitrogens with one attached hydrogen (secondary N) is 1. The fourth-order valence-electron chi connectivity index (χ4n) is 1.87. The Morgan fingerprint density at radius 1 is 1.53 bits per heavy atom. The van der Waals surface area contributed by atoms with Crippen molar-refractivity contribution in [1.82, 2.24) is 9.78 Å². The van der Waals surface area contributed by atoms with E-state index in [4.69, 9.17) is 4.74 Å². The van der Waals surface area contributed by atoms with Gasteiger partial charge in [-0.25, -0.2) is 0 Å². The number of ether oxygens (including phenoxy) is 1. The van der Waals surface area contributed by atoms with E-state index in [1.807, 2.05) is 24.6 Å². The Labute approximate surface area is 101 Å². The molecule has 1 aromatic heterocycles. The largest absolute Gasteiger partial charge is 0.359 e. The fraction of sp³-hybridized carbons (Fsp3) is 0.667. The first-order valence-corrected chi connectivity index (χ1v) is 5.82. The van der Waals surface area contributed by atoms with Crippen molar-refractivity contribution in [3.05, 3.63) is 11.8 Å². The van der Waals surface area contributed by atoms with E-state index in [2.05, 4.69) is 31.2 Å². The van der Waals surface area contributed by atoms with Crippen molar-refractivity contribution < 1.29 is 9.53 Å². The van der Waals surface area contributed by atoms with Crippen molar-refractivity contribution in [3.8, 4) is 0 Å². The molecule has 2 atom stereocenters. The maximum atomic E-state index is 11.7. The summed E-state index contributed by atoms with van der Waals surface area (Å²) in [6.45, 7) is 10.1. The van der Waals surface area contributed by atoms with Crippen LogP contribution >= 0.6 is 0 Å². The molecule has 1 amide bonds. The lowest BCUT2D eigenvalue weighted by Crippen LogP contribution is -2.25. The minimum Gasteiger partial charge on any atom is -0.359 e. The number of nitrogens with zero attached hydrogens (tertiary/aromatic N) is 2. The van der Waals surface area contributed by atoms with E-state index in [0.29, 0.717) is 5.82 Å². The Morgan fingerprint density at radius 2 is 2.12 bits per heavy atom. The summed E-state index contributed by atoms with van der Waals surface area (Å²) >= 11 is 0. The van der Waals surface area contributed by atoms with Gasteiger partial charge in [0.1, 0.15) is 0 Å².